The van der Waals surface area contributed by atoms with E-state index in [1.54, 1.807) is 11.8 Å². The smallest absolute Gasteiger partial charge is 0.165 e. The first-order chi connectivity index (χ1) is 27.6. The van der Waals surface area contributed by atoms with Crippen LogP contribution >= 0.6 is 11.8 Å². The zero-order chi connectivity index (χ0) is 37.3. The summed E-state index contributed by atoms with van der Waals surface area (Å²) >= 11 is 1.81. The van der Waals surface area contributed by atoms with Crippen LogP contribution in [-0.4, -0.2) is 19.5 Å². The molecule has 0 spiro atoms. The summed E-state index contributed by atoms with van der Waals surface area (Å²) in [6.07, 6.45) is 0. The highest BCUT2D eigenvalue weighted by molar-refractivity contribution is 8.00. The third-order valence-electron chi connectivity index (χ3n) is 11.1. The van der Waals surface area contributed by atoms with Gasteiger partial charge < -0.3 is 4.57 Å². The van der Waals surface area contributed by atoms with Crippen LogP contribution in [0.5, 0.6) is 0 Å². The van der Waals surface area contributed by atoms with Gasteiger partial charge in [-0.3, -0.25) is 0 Å². The summed E-state index contributed by atoms with van der Waals surface area (Å²) < 4.78 is 2.48. The number of hydrogen-bond acceptors (Lipinski definition) is 4. The highest BCUT2D eigenvalue weighted by Gasteiger charge is 2.26. The minimum Gasteiger partial charge on any atom is -0.309 e. The minimum atomic E-state index is 0.659. The van der Waals surface area contributed by atoms with Crippen molar-refractivity contribution in [2.24, 2.45) is 0 Å². The Hall–Kier alpha value is -6.82. The average molecular weight is 735 g/mol. The lowest BCUT2D eigenvalue weighted by molar-refractivity contribution is 1.07. The fourth-order valence-corrected chi connectivity index (χ4v) is 9.72. The van der Waals surface area contributed by atoms with Gasteiger partial charge in [0.15, 0.2) is 17.5 Å². The standard InChI is InChI=1S/C51H34N4S/c1-31-15-9-10-20-35(31)41-30-45-42(29-32(41)2)36-21-11-12-26-43(36)55(45)44-27-28-46-47-37(22-13-24-39(44)47)38-23-14-25-40(48(38)56-46)51-53-49(33-16-5-3-6-17-33)52-50(54-51)34-18-7-4-8-19-34/h3-30H,1-2H3. The molecule has 0 fully saturated rings. The first kappa shape index (κ1) is 32.6. The molecular formula is C51H34N4S. The van der Waals surface area contributed by atoms with Crippen molar-refractivity contribution in [3.8, 4) is 62.1 Å². The molecule has 10 aromatic rings. The summed E-state index contributed by atoms with van der Waals surface area (Å²) in [5, 5.41) is 5.01. The van der Waals surface area contributed by atoms with Crippen molar-refractivity contribution in [1.82, 2.24) is 19.5 Å². The molecule has 1 aliphatic rings. The summed E-state index contributed by atoms with van der Waals surface area (Å²) in [7, 11) is 0. The van der Waals surface area contributed by atoms with E-state index in [-0.39, 0.29) is 0 Å². The molecule has 3 heterocycles. The Morgan fingerprint density at radius 3 is 1.79 bits per heavy atom. The summed E-state index contributed by atoms with van der Waals surface area (Å²) in [6, 6.07) is 60.5. The van der Waals surface area contributed by atoms with Gasteiger partial charge in [0.25, 0.3) is 0 Å². The Balaban J connectivity index is 1.12. The normalized spacial score (nSPS) is 12.0. The minimum absolute atomic E-state index is 0.659. The molecule has 0 saturated heterocycles. The van der Waals surface area contributed by atoms with E-state index >= 15 is 0 Å². The molecule has 0 N–H and O–H groups in total. The lowest BCUT2D eigenvalue weighted by atomic mass is 9.94. The second kappa shape index (κ2) is 12.9. The van der Waals surface area contributed by atoms with Crippen molar-refractivity contribution < 1.29 is 0 Å². The highest BCUT2D eigenvalue weighted by atomic mass is 32.2. The molecule has 0 saturated carbocycles. The van der Waals surface area contributed by atoms with Crippen LogP contribution in [0.15, 0.2) is 180 Å². The number of aryl methyl sites for hydroxylation is 2. The average Bonchev–Trinajstić information content (AvgIpc) is 3.57. The van der Waals surface area contributed by atoms with Crippen molar-refractivity contribution in [3.63, 3.8) is 0 Å². The van der Waals surface area contributed by atoms with E-state index in [2.05, 4.69) is 152 Å². The SMILES string of the molecule is Cc1ccccc1-c1cc2c(cc1C)c1ccccc1n2-c1ccc2c3c(cccc13)-c1cccc(-c3nc(-c4ccccc4)nc(-c4ccccc4)n3)c1S2. The molecule has 0 unspecified atom stereocenters. The van der Waals surface area contributed by atoms with E-state index in [0.717, 1.165) is 21.6 Å². The molecule has 0 radical (unpaired) electrons. The van der Waals surface area contributed by atoms with E-state index in [1.807, 2.05) is 36.4 Å². The maximum absolute atomic E-state index is 5.12. The molecular weight excluding hydrogens is 701 g/mol. The van der Waals surface area contributed by atoms with Crippen LogP contribution in [0.1, 0.15) is 11.1 Å². The van der Waals surface area contributed by atoms with Crippen molar-refractivity contribution >= 4 is 44.3 Å². The third kappa shape index (κ3) is 5.12. The second-order valence-electron chi connectivity index (χ2n) is 14.5. The molecule has 56 heavy (non-hydrogen) atoms. The van der Waals surface area contributed by atoms with Crippen molar-refractivity contribution in [1.29, 1.82) is 0 Å². The van der Waals surface area contributed by atoms with Crippen molar-refractivity contribution in [2.75, 3.05) is 0 Å². The zero-order valence-corrected chi connectivity index (χ0v) is 31.7. The number of hydrogen-bond donors (Lipinski definition) is 0. The monoisotopic (exact) mass is 734 g/mol. The van der Waals surface area contributed by atoms with E-state index in [1.165, 1.54) is 76.5 Å². The van der Waals surface area contributed by atoms with Crippen LogP contribution in [0, 0.1) is 13.8 Å². The summed E-state index contributed by atoms with van der Waals surface area (Å²) in [4.78, 5) is 17.6. The van der Waals surface area contributed by atoms with Gasteiger partial charge in [-0.1, -0.05) is 145 Å². The first-order valence-corrected chi connectivity index (χ1v) is 19.8. The molecule has 0 aliphatic carbocycles. The zero-order valence-electron chi connectivity index (χ0n) is 30.9. The number of nitrogens with zero attached hydrogens (tertiary/aromatic N) is 4. The summed E-state index contributed by atoms with van der Waals surface area (Å²) in [6.45, 7) is 4.44. The maximum Gasteiger partial charge on any atom is 0.165 e. The molecule has 264 valence electrons. The molecule has 8 aromatic carbocycles. The van der Waals surface area contributed by atoms with Gasteiger partial charge in [0, 0.05) is 48.0 Å². The largest absolute Gasteiger partial charge is 0.309 e. The molecule has 5 heteroatoms. The Bertz CT molecular complexity index is 3130. The molecule has 1 aliphatic heterocycles. The second-order valence-corrected chi connectivity index (χ2v) is 15.5. The molecule has 0 bridgehead atoms. The van der Waals surface area contributed by atoms with E-state index in [0.29, 0.717) is 17.5 Å². The predicted octanol–water partition coefficient (Wildman–Crippen LogP) is 13.5. The Morgan fingerprint density at radius 1 is 0.411 bits per heavy atom. The predicted molar refractivity (Wildman–Crippen MR) is 232 cm³/mol. The fraction of sp³-hybridized carbons (Fsp3) is 0.0392. The van der Waals surface area contributed by atoms with Gasteiger partial charge in [-0.25, -0.2) is 15.0 Å². The Morgan fingerprint density at radius 2 is 1.02 bits per heavy atom. The van der Waals surface area contributed by atoms with Crippen molar-refractivity contribution in [2.45, 2.75) is 23.6 Å². The van der Waals surface area contributed by atoms with Gasteiger partial charge >= 0.3 is 0 Å². The van der Waals surface area contributed by atoms with Gasteiger partial charge in [-0.2, -0.15) is 0 Å². The number of para-hydroxylation sites is 1. The van der Waals surface area contributed by atoms with Gasteiger partial charge in [0.05, 0.1) is 16.7 Å². The van der Waals surface area contributed by atoms with Crippen LogP contribution < -0.4 is 0 Å². The van der Waals surface area contributed by atoms with Crippen LogP contribution in [0.3, 0.4) is 0 Å². The third-order valence-corrected chi connectivity index (χ3v) is 12.3. The van der Waals surface area contributed by atoms with Crippen LogP contribution in [0.4, 0.5) is 0 Å². The fourth-order valence-electron chi connectivity index (χ4n) is 8.49. The first-order valence-electron chi connectivity index (χ1n) is 19.0. The van der Waals surface area contributed by atoms with E-state index in [9.17, 15) is 0 Å². The topological polar surface area (TPSA) is 43.6 Å². The van der Waals surface area contributed by atoms with E-state index < -0.39 is 0 Å². The van der Waals surface area contributed by atoms with Gasteiger partial charge in [0.1, 0.15) is 0 Å². The lowest BCUT2D eigenvalue weighted by Crippen LogP contribution is -2.03. The highest BCUT2D eigenvalue weighted by Crippen LogP contribution is 2.52. The quantitative estimate of drug-likeness (QED) is 0.177. The molecule has 2 aromatic heterocycles. The maximum atomic E-state index is 5.12. The van der Waals surface area contributed by atoms with Crippen LogP contribution in [0.25, 0.3) is 94.7 Å². The summed E-state index contributed by atoms with van der Waals surface area (Å²) in [5.74, 6) is 1.98. The molecule has 11 rings (SSSR count). The molecule has 0 atom stereocenters. The van der Waals surface area contributed by atoms with Gasteiger partial charge in [-0.05, 0) is 83.6 Å². The number of benzene rings is 8. The van der Waals surface area contributed by atoms with Crippen molar-refractivity contribution in [3.05, 3.63) is 181 Å². The van der Waals surface area contributed by atoms with Crippen LogP contribution in [-0.2, 0) is 0 Å². The van der Waals surface area contributed by atoms with E-state index in [4.69, 9.17) is 15.0 Å². The Labute approximate surface area is 329 Å². The lowest BCUT2D eigenvalue weighted by Gasteiger charge is -2.24. The number of fused-ring (bicyclic) bond motifs is 5. The van der Waals surface area contributed by atoms with Gasteiger partial charge in [-0.15, -0.1) is 0 Å². The number of aromatic nitrogens is 4. The summed E-state index contributed by atoms with van der Waals surface area (Å²) in [5.41, 5.74) is 14.0. The van der Waals surface area contributed by atoms with Crippen LogP contribution in [0.2, 0.25) is 0 Å². The van der Waals surface area contributed by atoms with Gasteiger partial charge in [0.2, 0.25) is 0 Å². The molecule has 0 amide bonds. The molecule has 4 nitrogen and oxygen atoms in total. The number of rotatable bonds is 5. The Kier molecular flexibility index (Phi) is 7.51.